The molecule has 1 fully saturated rings. The summed E-state index contributed by atoms with van der Waals surface area (Å²) in [6.07, 6.45) is 2.22. The number of hydrogen-bond acceptors (Lipinski definition) is 6. The molecule has 1 aliphatic rings. The fourth-order valence-corrected chi connectivity index (χ4v) is 2.47. The molecule has 118 valence electrons. The SMILES string of the molecule is CC(=O)O[C@@H]1CCCC[C@H]1OC(=[18O])c1ccc([N+](=O)[O-])cc1. The Bertz CT molecular complexity index is 568. The molecule has 22 heavy (non-hydrogen) atoms. The molecule has 1 aliphatic carbocycles. The Morgan fingerprint density at radius 1 is 1.18 bits per heavy atom. The number of nitro benzene ring substituents is 1. The van der Waals surface area contributed by atoms with Crippen LogP contribution in [0.2, 0.25) is 0 Å². The van der Waals surface area contributed by atoms with E-state index in [1.807, 2.05) is 0 Å². The van der Waals surface area contributed by atoms with E-state index in [1.165, 1.54) is 31.2 Å². The van der Waals surface area contributed by atoms with Crippen LogP contribution in [0.4, 0.5) is 5.69 Å². The minimum Gasteiger partial charge on any atom is -0.459 e. The Hall–Kier alpha value is -2.44. The summed E-state index contributed by atoms with van der Waals surface area (Å²) in [4.78, 5) is 33.2. The van der Waals surface area contributed by atoms with E-state index in [4.69, 9.17) is 9.47 Å². The quantitative estimate of drug-likeness (QED) is 0.367. The summed E-state index contributed by atoms with van der Waals surface area (Å²) >= 11 is 0. The normalized spacial score (nSPS) is 21.0. The Morgan fingerprint density at radius 3 is 2.23 bits per heavy atom. The molecule has 7 nitrogen and oxygen atoms in total. The van der Waals surface area contributed by atoms with Gasteiger partial charge >= 0.3 is 11.9 Å². The van der Waals surface area contributed by atoms with Crippen LogP contribution < -0.4 is 0 Å². The van der Waals surface area contributed by atoms with Crippen LogP contribution in [0.1, 0.15) is 43.0 Å². The third-order valence-corrected chi connectivity index (χ3v) is 3.53. The van der Waals surface area contributed by atoms with Crippen LogP contribution in [-0.4, -0.2) is 29.1 Å². The van der Waals surface area contributed by atoms with Gasteiger partial charge in [-0.25, -0.2) is 4.79 Å². The number of carbonyl (C=O) groups is 2. The van der Waals surface area contributed by atoms with E-state index in [-0.39, 0.29) is 11.3 Å². The number of non-ortho nitro benzene ring substituents is 1. The number of benzene rings is 1. The summed E-state index contributed by atoms with van der Waals surface area (Å²) in [6.45, 7) is 1.32. The second kappa shape index (κ2) is 7.02. The molecular formula is C15H17NO6. The molecule has 1 saturated carbocycles. The van der Waals surface area contributed by atoms with Crippen molar-refractivity contribution in [1.82, 2.24) is 0 Å². The average molecular weight is 309 g/mol. The third kappa shape index (κ3) is 4.03. The largest absolute Gasteiger partial charge is 0.459 e. The molecule has 0 aromatic heterocycles. The van der Waals surface area contributed by atoms with Gasteiger partial charge in [-0.15, -0.1) is 0 Å². The topological polar surface area (TPSA) is 95.7 Å². The lowest BCUT2D eigenvalue weighted by atomic mass is 9.94. The fraction of sp³-hybridized carbons (Fsp3) is 0.467. The second-order valence-corrected chi connectivity index (χ2v) is 5.18. The van der Waals surface area contributed by atoms with Crippen molar-refractivity contribution in [3.63, 3.8) is 0 Å². The van der Waals surface area contributed by atoms with Gasteiger partial charge in [0.2, 0.25) is 0 Å². The maximum absolute atomic E-state index is 12.1. The maximum Gasteiger partial charge on any atom is 0.338 e. The highest BCUT2D eigenvalue weighted by Crippen LogP contribution is 2.25. The van der Waals surface area contributed by atoms with Gasteiger partial charge in [0.15, 0.2) is 0 Å². The van der Waals surface area contributed by atoms with Gasteiger partial charge in [-0.3, -0.25) is 14.9 Å². The predicted octanol–water partition coefficient (Wildman–Crippen LogP) is 2.63. The highest BCUT2D eigenvalue weighted by Gasteiger charge is 2.31. The number of esters is 2. The van der Waals surface area contributed by atoms with Crippen LogP contribution in [-0.2, 0) is 14.3 Å². The number of nitrogens with zero attached hydrogens (tertiary/aromatic N) is 1. The van der Waals surface area contributed by atoms with Crippen molar-refractivity contribution in [3.05, 3.63) is 39.9 Å². The Morgan fingerprint density at radius 2 is 1.73 bits per heavy atom. The summed E-state index contributed by atoms with van der Waals surface area (Å²) in [5.41, 5.74) is 0.143. The first-order valence-electron chi connectivity index (χ1n) is 7.10. The van der Waals surface area contributed by atoms with Crippen LogP contribution in [0.5, 0.6) is 0 Å². The number of nitro groups is 1. The van der Waals surface area contributed by atoms with Crippen LogP contribution >= 0.6 is 0 Å². The molecule has 2 atom stereocenters. The van der Waals surface area contributed by atoms with Crippen molar-refractivity contribution in [2.75, 3.05) is 0 Å². The van der Waals surface area contributed by atoms with Crippen molar-refractivity contribution < 1.29 is 24.0 Å². The Balaban J connectivity index is 2.02. The Labute approximate surface area is 127 Å². The molecule has 1 aromatic carbocycles. The van der Waals surface area contributed by atoms with Gasteiger partial charge in [-0.1, -0.05) is 0 Å². The number of hydrogen-bond donors (Lipinski definition) is 0. The molecule has 0 N–H and O–H groups in total. The van der Waals surface area contributed by atoms with Gasteiger partial charge < -0.3 is 9.47 Å². The van der Waals surface area contributed by atoms with Crippen molar-refractivity contribution in [1.29, 1.82) is 0 Å². The van der Waals surface area contributed by atoms with Crippen LogP contribution in [0.25, 0.3) is 0 Å². The summed E-state index contributed by atoms with van der Waals surface area (Å²) in [5.74, 6) is -0.970. The lowest BCUT2D eigenvalue weighted by molar-refractivity contribution is -0.384. The van der Waals surface area contributed by atoms with Gasteiger partial charge in [0.25, 0.3) is 5.69 Å². The highest BCUT2D eigenvalue weighted by molar-refractivity contribution is 5.89. The van der Waals surface area contributed by atoms with E-state index >= 15 is 0 Å². The van der Waals surface area contributed by atoms with E-state index in [0.717, 1.165) is 12.8 Å². The molecule has 0 bridgehead atoms. The number of carbonyl (C=O) groups excluding carboxylic acids is 2. The van der Waals surface area contributed by atoms with Gasteiger partial charge in [-0.2, -0.15) is 0 Å². The van der Waals surface area contributed by atoms with Gasteiger partial charge in [0.05, 0.1) is 10.5 Å². The molecule has 0 saturated heterocycles. The average Bonchev–Trinajstić information content (AvgIpc) is 2.48. The van der Waals surface area contributed by atoms with E-state index < -0.39 is 29.1 Å². The third-order valence-electron chi connectivity index (χ3n) is 3.53. The standard InChI is InChI=1S/C15H17NO6/c1-10(17)21-13-4-2-3-5-14(13)22-15(18)11-6-8-12(9-7-11)16(19)20/h6-9,13-14H,2-5H2,1H3/t13-,14-/m1/s1/i18+2. The maximum atomic E-state index is 12.1. The van der Waals surface area contributed by atoms with Crippen molar-refractivity contribution in [2.45, 2.75) is 44.8 Å². The molecule has 0 amide bonds. The van der Waals surface area contributed by atoms with Gasteiger partial charge in [0.1, 0.15) is 12.2 Å². The first kappa shape index (κ1) is 15.9. The summed E-state index contributed by atoms with van der Waals surface area (Å²) in [6, 6.07) is 5.20. The fourth-order valence-electron chi connectivity index (χ4n) is 2.47. The zero-order valence-corrected chi connectivity index (χ0v) is 12.2. The van der Waals surface area contributed by atoms with E-state index in [2.05, 4.69) is 0 Å². The number of ether oxygens (including phenoxy) is 2. The monoisotopic (exact) mass is 309 g/mol. The minimum atomic E-state index is -0.570. The van der Waals surface area contributed by atoms with E-state index in [0.29, 0.717) is 12.8 Å². The highest BCUT2D eigenvalue weighted by atomic mass is 18.1. The molecule has 0 aliphatic heterocycles. The Kier molecular flexibility index (Phi) is 5.08. The first-order chi connectivity index (χ1) is 10.5. The zero-order chi connectivity index (χ0) is 16.1. The van der Waals surface area contributed by atoms with Crippen LogP contribution in [0.15, 0.2) is 24.3 Å². The molecule has 1 aromatic rings. The smallest absolute Gasteiger partial charge is 0.338 e. The summed E-state index contributed by atoms with van der Waals surface area (Å²) in [7, 11) is 0. The van der Waals surface area contributed by atoms with Crippen LogP contribution in [0, 0.1) is 10.1 Å². The molecule has 0 spiro atoms. The molecule has 0 unspecified atom stereocenters. The second-order valence-electron chi connectivity index (χ2n) is 5.18. The lowest BCUT2D eigenvalue weighted by Crippen LogP contribution is -2.37. The molecule has 0 radical (unpaired) electrons. The predicted molar refractivity (Wildman–Crippen MR) is 76.3 cm³/mol. The first-order valence-corrected chi connectivity index (χ1v) is 7.10. The molecule has 7 heteroatoms. The van der Waals surface area contributed by atoms with E-state index in [9.17, 15) is 19.7 Å². The minimum absolute atomic E-state index is 0.0907. The molecule has 0 heterocycles. The van der Waals surface area contributed by atoms with Crippen molar-refractivity contribution >= 4 is 17.6 Å². The summed E-state index contributed by atoms with van der Waals surface area (Å²) in [5, 5.41) is 10.6. The molecule has 2 rings (SSSR count). The zero-order valence-electron chi connectivity index (χ0n) is 12.2. The lowest BCUT2D eigenvalue weighted by Gasteiger charge is -2.30. The van der Waals surface area contributed by atoms with Gasteiger partial charge in [0, 0.05) is 19.1 Å². The summed E-state index contributed by atoms with van der Waals surface area (Å²) < 4.78 is 10.6. The number of rotatable bonds is 4. The molecular weight excluding hydrogens is 292 g/mol. The van der Waals surface area contributed by atoms with Crippen molar-refractivity contribution in [3.8, 4) is 0 Å². The van der Waals surface area contributed by atoms with Gasteiger partial charge in [-0.05, 0) is 37.8 Å². The van der Waals surface area contributed by atoms with E-state index in [1.54, 1.807) is 0 Å². The van der Waals surface area contributed by atoms with Crippen molar-refractivity contribution in [2.24, 2.45) is 0 Å². The van der Waals surface area contributed by atoms with Crippen LogP contribution in [0.3, 0.4) is 0 Å².